The zero-order chi connectivity index (χ0) is 37.5. The first-order chi connectivity index (χ1) is 25.4. The summed E-state index contributed by atoms with van der Waals surface area (Å²) in [6.07, 6.45) is 4.22. The molecule has 3 aliphatic rings. The first-order valence-electron chi connectivity index (χ1n) is 18.6. The van der Waals surface area contributed by atoms with Crippen LogP contribution in [-0.4, -0.2) is 110 Å². The van der Waals surface area contributed by atoms with Gasteiger partial charge in [-0.05, 0) is 101 Å². The van der Waals surface area contributed by atoms with E-state index in [1.54, 1.807) is 59.3 Å². The lowest BCUT2D eigenvalue weighted by Gasteiger charge is -2.31. The molecule has 4 heterocycles. The van der Waals surface area contributed by atoms with Gasteiger partial charge in [-0.2, -0.15) is 0 Å². The molecule has 6 rings (SSSR count). The number of pyridine rings is 1. The van der Waals surface area contributed by atoms with Crippen molar-refractivity contribution in [2.75, 3.05) is 86.5 Å². The third kappa shape index (κ3) is 9.71. The molecule has 2 fully saturated rings. The zero-order valence-electron chi connectivity index (χ0n) is 31.3. The molecule has 0 bridgehead atoms. The SMILES string of the molecule is CN(CCN1CCOCC1)C(=O)c1cccc(C(=O)Nc2ccc(N3CCCCC3)cc2C(=O)Nc2ccc3c(n2)CCCN3C(=O)OC(C)(C)C)c1. The molecule has 0 spiro atoms. The monoisotopic (exact) mass is 725 g/mol. The summed E-state index contributed by atoms with van der Waals surface area (Å²) >= 11 is 0. The fourth-order valence-electron chi connectivity index (χ4n) is 6.81. The maximum absolute atomic E-state index is 14.0. The molecule has 0 aliphatic carbocycles. The Morgan fingerprint density at radius 3 is 2.36 bits per heavy atom. The van der Waals surface area contributed by atoms with Crippen LogP contribution in [0.4, 0.5) is 27.7 Å². The first kappa shape index (κ1) is 37.7. The largest absolute Gasteiger partial charge is 0.443 e. The molecule has 0 unspecified atom stereocenters. The van der Waals surface area contributed by atoms with Crippen molar-refractivity contribution in [3.05, 3.63) is 77.0 Å². The molecule has 282 valence electrons. The van der Waals surface area contributed by atoms with Crippen molar-refractivity contribution in [3.8, 4) is 0 Å². The minimum atomic E-state index is -0.633. The molecule has 1 aromatic heterocycles. The normalized spacial score (nSPS) is 16.4. The number of nitrogens with zero attached hydrogens (tertiary/aromatic N) is 5. The van der Waals surface area contributed by atoms with E-state index < -0.39 is 23.5 Å². The van der Waals surface area contributed by atoms with Crippen LogP contribution in [0.3, 0.4) is 0 Å². The van der Waals surface area contributed by atoms with Gasteiger partial charge in [0.1, 0.15) is 11.4 Å². The second-order valence-corrected chi connectivity index (χ2v) is 14.8. The highest BCUT2D eigenvalue weighted by Gasteiger charge is 2.29. The van der Waals surface area contributed by atoms with Crippen LogP contribution in [0.2, 0.25) is 0 Å². The lowest BCUT2D eigenvalue weighted by molar-refractivity contribution is 0.0338. The van der Waals surface area contributed by atoms with Crippen LogP contribution in [-0.2, 0) is 15.9 Å². The van der Waals surface area contributed by atoms with Gasteiger partial charge in [-0.1, -0.05) is 6.07 Å². The number of rotatable bonds is 9. The van der Waals surface area contributed by atoms with Gasteiger partial charge in [0.05, 0.1) is 35.8 Å². The molecule has 0 atom stereocenters. The van der Waals surface area contributed by atoms with Gasteiger partial charge in [0.15, 0.2) is 0 Å². The van der Waals surface area contributed by atoms with Crippen LogP contribution in [0.5, 0.6) is 0 Å². The van der Waals surface area contributed by atoms with Crippen LogP contribution < -0.4 is 20.4 Å². The van der Waals surface area contributed by atoms with Gasteiger partial charge >= 0.3 is 6.09 Å². The Bertz CT molecular complexity index is 1810. The Kier molecular flexibility index (Phi) is 11.9. The number of likely N-dealkylation sites (N-methyl/N-ethyl adjacent to an activating group) is 1. The standard InChI is InChI=1S/C40H51N7O6/c1-40(2,3)53-39(51)47-19-9-12-33-34(47)15-16-35(41-33)43-37(49)31-27-30(46-17-6-5-7-18-46)13-14-32(31)42-36(48)28-10-8-11-29(26-28)38(50)44(4)20-21-45-22-24-52-25-23-45/h8,10-11,13-16,26-27H,5-7,9,12,17-25H2,1-4H3,(H,42,48)(H,41,43,49). The number of hydrogen-bond donors (Lipinski definition) is 2. The molecule has 3 aromatic rings. The number of piperidine rings is 1. The van der Waals surface area contributed by atoms with Gasteiger partial charge in [0.2, 0.25) is 0 Å². The van der Waals surface area contributed by atoms with Gasteiger partial charge in [-0.25, -0.2) is 9.78 Å². The van der Waals surface area contributed by atoms with Gasteiger partial charge in [-0.15, -0.1) is 0 Å². The number of amides is 4. The van der Waals surface area contributed by atoms with Crippen molar-refractivity contribution < 1.29 is 28.7 Å². The van der Waals surface area contributed by atoms with E-state index in [2.05, 4.69) is 20.4 Å². The summed E-state index contributed by atoms with van der Waals surface area (Å²) in [5.74, 6) is -0.711. The van der Waals surface area contributed by atoms with Gasteiger partial charge in [-0.3, -0.25) is 24.2 Å². The van der Waals surface area contributed by atoms with Crippen LogP contribution >= 0.6 is 0 Å². The number of anilines is 4. The van der Waals surface area contributed by atoms with E-state index in [-0.39, 0.29) is 11.5 Å². The number of hydrogen-bond acceptors (Lipinski definition) is 9. The van der Waals surface area contributed by atoms with Gasteiger partial charge < -0.3 is 29.9 Å². The summed E-state index contributed by atoms with van der Waals surface area (Å²) in [5.41, 5.74) is 2.94. The quantitative estimate of drug-likeness (QED) is 0.286. The predicted octanol–water partition coefficient (Wildman–Crippen LogP) is 5.67. The summed E-state index contributed by atoms with van der Waals surface area (Å²) in [6.45, 7) is 12.1. The summed E-state index contributed by atoms with van der Waals surface area (Å²) in [6, 6.07) is 15.6. The van der Waals surface area contributed by atoms with Crippen LogP contribution in [0, 0.1) is 0 Å². The van der Waals surface area contributed by atoms with Gasteiger partial charge in [0, 0.05) is 69.7 Å². The number of aromatic nitrogens is 1. The highest BCUT2D eigenvalue weighted by molar-refractivity contribution is 6.13. The van der Waals surface area contributed by atoms with Crippen molar-refractivity contribution in [1.29, 1.82) is 0 Å². The average Bonchev–Trinajstić information content (AvgIpc) is 3.16. The zero-order valence-corrected chi connectivity index (χ0v) is 31.3. The maximum atomic E-state index is 14.0. The fraction of sp³-hybridized carbons (Fsp3) is 0.475. The molecule has 2 saturated heterocycles. The van der Waals surface area contributed by atoms with Crippen molar-refractivity contribution in [3.63, 3.8) is 0 Å². The molecule has 0 radical (unpaired) electrons. The van der Waals surface area contributed by atoms with Crippen molar-refractivity contribution in [2.24, 2.45) is 0 Å². The number of benzene rings is 2. The van der Waals surface area contributed by atoms with Crippen LogP contribution in [0.15, 0.2) is 54.6 Å². The fourth-order valence-corrected chi connectivity index (χ4v) is 6.81. The van der Waals surface area contributed by atoms with Crippen molar-refractivity contribution >= 4 is 46.7 Å². The van der Waals surface area contributed by atoms with Crippen LogP contribution in [0.1, 0.15) is 83.2 Å². The number of nitrogens with one attached hydrogen (secondary N) is 2. The molecule has 4 amide bonds. The average molecular weight is 726 g/mol. The Morgan fingerprint density at radius 2 is 1.60 bits per heavy atom. The van der Waals surface area contributed by atoms with E-state index in [0.717, 1.165) is 51.3 Å². The summed E-state index contributed by atoms with van der Waals surface area (Å²) in [4.78, 5) is 66.4. The van der Waals surface area contributed by atoms with Crippen LogP contribution in [0.25, 0.3) is 0 Å². The molecule has 3 aliphatic heterocycles. The van der Waals surface area contributed by atoms with Crippen molar-refractivity contribution in [2.45, 2.75) is 58.5 Å². The predicted molar refractivity (Wildman–Crippen MR) is 205 cm³/mol. The minimum Gasteiger partial charge on any atom is -0.443 e. The van der Waals surface area contributed by atoms with Crippen molar-refractivity contribution in [1.82, 2.24) is 14.8 Å². The molecule has 2 N–H and O–H groups in total. The lowest BCUT2D eigenvalue weighted by Crippen LogP contribution is -2.41. The Morgan fingerprint density at radius 1 is 0.849 bits per heavy atom. The van der Waals surface area contributed by atoms with E-state index in [1.165, 1.54) is 6.42 Å². The second-order valence-electron chi connectivity index (χ2n) is 14.8. The maximum Gasteiger partial charge on any atom is 0.414 e. The third-order valence-corrected chi connectivity index (χ3v) is 9.68. The van der Waals surface area contributed by atoms with E-state index in [9.17, 15) is 19.2 Å². The molecule has 13 heteroatoms. The smallest absolute Gasteiger partial charge is 0.414 e. The topological polar surface area (TPSA) is 137 Å². The van der Waals surface area contributed by atoms with E-state index >= 15 is 0 Å². The number of fused-ring (bicyclic) bond motifs is 1. The van der Waals surface area contributed by atoms with Gasteiger partial charge in [0.25, 0.3) is 17.7 Å². The lowest BCUT2D eigenvalue weighted by atomic mass is 10.1. The highest BCUT2D eigenvalue weighted by atomic mass is 16.6. The number of ether oxygens (including phenoxy) is 2. The summed E-state index contributed by atoms with van der Waals surface area (Å²) < 4.78 is 11.0. The first-order valence-corrected chi connectivity index (χ1v) is 18.6. The number of carbonyl (C=O) groups excluding carboxylic acids is 4. The summed E-state index contributed by atoms with van der Waals surface area (Å²) in [5, 5.41) is 5.86. The molecular weight excluding hydrogens is 674 g/mol. The third-order valence-electron chi connectivity index (χ3n) is 9.68. The number of carbonyl (C=O) groups is 4. The molecule has 2 aromatic carbocycles. The molecule has 53 heavy (non-hydrogen) atoms. The minimum absolute atomic E-state index is 0.175. The molecule has 13 nitrogen and oxygen atoms in total. The highest BCUT2D eigenvalue weighted by Crippen LogP contribution is 2.31. The Labute approximate surface area is 311 Å². The molecule has 0 saturated carbocycles. The van der Waals surface area contributed by atoms with E-state index in [4.69, 9.17) is 14.5 Å². The number of morpholine rings is 1. The van der Waals surface area contributed by atoms with E-state index in [1.807, 2.05) is 32.9 Å². The Hall–Kier alpha value is -5.01. The number of aryl methyl sites for hydroxylation is 1. The van der Waals surface area contributed by atoms with E-state index in [0.29, 0.717) is 73.2 Å². The molecular formula is C40H51N7O6. The summed E-state index contributed by atoms with van der Waals surface area (Å²) in [7, 11) is 1.76. The second kappa shape index (κ2) is 16.8. The Balaban J connectivity index is 1.19.